The molecule has 5 rings (SSSR count). The Kier molecular flexibility index (Phi) is 8.65. The lowest BCUT2D eigenvalue weighted by Crippen LogP contribution is -2.59. The topological polar surface area (TPSA) is 157 Å². The summed E-state index contributed by atoms with van der Waals surface area (Å²) in [5.74, 6) is -1.31. The van der Waals surface area contributed by atoms with Crippen LogP contribution in [0.2, 0.25) is 0 Å². The maximum Gasteiger partial charge on any atom is 0.433 e. The van der Waals surface area contributed by atoms with E-state index in [1.165, 1.54) is 41.4 Å². The predicted molar refractivity (Wildman–Crippen MR) is 159 cm³/mol. The van der Waals surface area contributed by atoms with E-state index < -0.39 is 40.6 Å². The summed E-state index contributed by atoms with van der Waals surface area (Å²) in [5, 5.41) is 5.29. The number of Topliss-reactive ketones (excluding diaryl/α,β-unsaturated/α-hetero) is 1. The van der Waals surface area contributed by atoms with E-state index >= 15 is 0 Å². The number of nitrogens with two attached hydrogens (primary N) is 2. The minimum absolute atomic E-state index is 0.0685. The first-order valence-electron chi connectivity index (χ1n) is 13.6. The molecular weight excluding hydrogens is 603 g/mol. The van der Waals surface area contributed by atoms with Gasteiger partial charge in [0.15, 0.2) is 11.0 Å². The number of fused-ring (bicyclic) bond motifs is 2. The van der Waals surface area contributed by atoms with Crippen LogP contribution in [-0.4, -0.2) is 67.7 Å². The molecule has 2 aliphatic rings. The van der Waals surface area contributed by atoms with Crippen molar-refractivity contribution in [1.29, 1.82) is 0 Å². The highest BCUT2D eigenvalue weighted by Crippen LogP contribution is 2.49. The maximum atomic E-state index is 14.0. The molecule has 10 nitrogen and oxygen atoms in total. The van der Waals surface area contributed by atoms with Gasteiger partial charge in [0.1, 0.15) is 11.7 Å². The number of halogens is 3. The Morgan fingerprint density at radius 1 is 1.26 bits per heavy atom. The fourth-order valence-electron chi connectivity index (χ4n) is 5.57. The van der Waals surface area contributed by atoms with Crippen LogP contribution in [0, 0.1) is 0 Å². The number of thiazole rings is 1. The first-order valence-corrected chi connectivity index (χ1v) is 15.5. The summed E-state index contributed by atoms with van der Waals surface area (Å²) in [4.78, 5) is 53.6. The molecule has 1 aromatic carbocycles. The smallest absolute Gasteiger partial charge is 0.370 e. The number of rotatable bonds is 9. The summed E-state index contributed by atoms with van der Waals surface area (Å²) in [6.45, 7) is 2.21. The predicted octanol–water partition coefficient (Wildman–Crippen LogP) is 3.67. The van der Waals surface area contributed by atoms with Crippen LogP contribution in [0.15, 0.2) is 46.9 Å². The van der Waals surface area contributed by atoms with Gasteiger partial charge in [-0.15, -0.1) is 23.1 Å². The van der Waals surface area contributed by atoms with Gasteiger partial charge in [-0.3, -0.25) is 19.4 Å². The van der Waals surface area contributed by atoms with Gasteiger partial charge >= 0.3 is 6.18 Å². The molecule has 228 valence electrons. The number of nitrogens with zero attached hydrogens (tertiary/aromatic N) is 4. The summed E-state index contributed by atoms with van der Waals surface area (Å²) in [6, 6.07) is 5.37. The van der Waals surface area contributed by atoms with Gasteiger partial charge < -0.3 is 21.7 Å². The number of aliphatic imine (C=N–C) groups is 1. The maximum absolute atomic E-state index is 14.0. The number of guanidine groups is 1. The third-order valence-corrected chi connectivity index (χ3v) is 10.0. The van der Waals surface area contributed by atoms with Gasteiger partial charge in [-0.05, 0) is 56.4 Å². The van der Waals surface area contributed by atoms with Crippen LogP contribution >= 0.6 is 23.1 Å². The van der Waals surface area contributed by atoms with Crippen LogP contribution in [-0.2, 0) is 15.8 Å². The molecule has 2 saturated heterocycles. The Labute approximate surface area is 253 Å². The van der Waals surface area contributed by atoms with Gasteiger partial charge in [0, 0.05) is 29.3 Å². The van der Waals surface area contributed by atoms with Crippen LogP contribution in [0.1, 0.15) is 59.6 Å². The fraction of sp³-hybridized carbons (Fsp3) is 0.429. The molecule has 15 heteroatoms. The van der Waals surface area contributed by atoms with Crippen LogP contribution in [0.4, 0.5) is 13.2 Å². The average molecular weight is 634 g/mol. The quantitative estimate of drug-likeness (QED) is 0.140. The zero-order valence-corrected chi connectivity index (χ0v) is 24.8. The lowest BCUT2D eigenvalue weighted by Gasteiger charge is -2.44. The molecule has 4 heterocycles. The van der Waals surface area contributed by atoms with Crippen molar-refractivity contribution in [1.82, 2.24) is 20.2 Å². The van der Waals surface area contributed by atoms with Crippen molar-refractivity contribution >= 4 is 57.6 Å². The number of hydrogen-bond acceptors (Lipinski definition) is 8. The standard InChI is InChI=1S/C28H30F3N7O3S2/c1-27-9-8-17(15-4-6-18-16(13-15)5-7-21(36-18)28(29,30)31)25(41)38(27)20(14-43-27)23(40)37-19(3-2-10-35-26(32)33)22(39)24-34-11-12-42-24/h4-7,11-13,17,19-20H,2-3,8-10,14H2,1H3,(H,37,40)(H4,32,33,35)/t17-,19?,20+,27+/m1/s1. The molecule has 0 saturated carbocycles. The first-order chi connectivity index (χ1) is 20.4. The van der Waals surface area contributed by atoms with Gasteiger partial charge in [-0.2, -0.15) is 13.2 Å². The number of pyridine rings is 1. The van der Waals surface area contributed by atoms with Crippen LogP contribution < -0.4 is 16.8 Å². The number of thioether (sulfide) groups is 1. The highest BCUT2D eigenvalue weighted by Gasteiger charge is 2.54. The van der Waals surface area contributed by atoms with Crippen molar-refractivity contribution in [2.45, 2.75) is 61.7 Å². The first kappa shape index (κ1) is 30.7. The zero-order valence-electron chi connectivity index (χ0n) is 23.1. The molecule has 3 aromatic rings. The number of aromatic nitrogens is 2. The third-order valence-electron chi connectivity index (χ3n) is 7.74. The second-order valence-corrected chi connectivity index (χ2v) is 13.1. The monoisotopic (exact) mass is 633 g/mol. The molecule has 2 fully saturated rings. The summed E-state index contributed by atoms with van der Waals surface area (Å²) in [6.07, 6.45) is -1.21. The van der Waals surface area contributed by atoms with Gasteiger partial charge in [0.05, 0.1) is 22.3 Å². The summed E-state index contributed by atoms with van der Waals surface area (Å²) in [7, 11) is 0. The van der Waals surface area contributed by atoms with Crippen molar-refractivity contribution in [3.05, 3.63) is 58.2 Å². The lowest BCUT2D eigenvalue weighted by molar-refractivity contribution is -0.146. The fourth-order valence-corrected chi connectivity index (χ4v) is 7.64. The zero-order chi connectivity index (χ0) is 30.9. The number of alkyl halides is 3. The van der Waals surface area contributed by atoms with Gasteiger partial charge in [-0.25, -0.2) is 9.97 Å². The summed E-state index contributed by atoms with van der Waals surface area (Å²) < 4.78 is 39.4. The van der Waals surface area contributed by atoms with Gasteiger partial charge in [0.25, 0.3) is 0 Å². The van der Waals surface area contributed by atoms with E-state index in [2.05, 4.69) is 20.3 Å². The second kappa shape index (κ2) is 12.1. The highest BCUT2D eigenvalue weighted by atomic mass is 32.2. The summed E-state index contributed by atoms with van der Waals surface area (Å²) in [5.41, 5.74) is 10.6. The average Bonchev–Trinajstić information content (AvgIpc) is 3.62. The molecule has 43 heavy (non-hydrogen) atoms. The number of piperidine rings is 1. The molecular formula is C28H30F3N7O3S2. The molecule has 0 radical (unpaired) electrons. The SMILES string of the molecule is C[C@]12CC[C@H](c3ccc4nc(C(F)(F)F)ccc4c3)C(=O)N1[C@H](C(=O)NC(CCCN=C(N)N)C(=O)c1nccs1)CS2. The van der Waals surface area contributed by atoms with Crippen molar-refractivity contribution in [3.63, 3.8) is 0 Å². The van der Waals surface area contributed by atoms with E-state index in [0.717, 1.165) is 6.07 Å². The summed E-state index contributed by atoms with van der Waals surface area (Å²) >= 11 is 2.69. The minimum atomic E-state index is -4.56. The van der Waals surface area contributed by atoms with E-state index in [4.69, 9.17) is 11.5 Å². The minimum Gasteiger partial charge on any atom is -0.370 e. The van der Waals surface area contributed by atoms with Crippen molar-refractivity contribution < 1.29 is 27.6 Å². The van der Waals surface area contributed by atoms with Crippen LogP contribution in [0.25, 0.3) is 10.9 Å². The molecule has 1 unspecified atom stereocenters. The highest BCUT2D eigenvalue weighted by molar-refractivity contribution is 8.00. The van der Waals surface area contributed by atoms with E-state index in [0.29, 0.717) is 36.0 Å². The molecule has 0 aliphatic carbocycles. The normalized spacial score (nSPS) is 22.7. The molecule has 2 aromatic heterocycles. The van der Waals surface area contributed by atoms with Gasteiger partial charge in [0.2, 0.25) is 17.6 Å². The van der Waals surface area contributed by atoms with Crippen molar-refractivity contribution in [3.8, 4) is 0 Å². The van der Waals surface area contributed by atoms with Crippen LogP contribution in [0.5, 0.6) is 0 Å². The van der Waals surface area contributed by atoms with E-state index in [1.807, 2.05) is 6.92 Å². The molecule has 0 bridgehead atoms. The van der Waals surface area contributed by atoms with Gasteiger partial charge in [-0.1, -0.05) is 12.1 Å². The molecule has 0 spiro atoms. The number of hydrogen-bond donors (Lipinski definition) is 3. The Hall–Kier alpha value is -3.72. The van der Waals surface area contributed by atoms with E-state index in [-0.39, 0.29) is 41.1 Å². The number of amides is 2. The Bertz CT molecular complexity index is 1560. The Morgan fingerprint density at radius 2 is 2.05 bits per heavy atom. The Balaban J connectivity index is 1.35. The van der Waals surface area contributed by atoms with Crippen molar-refractivity contribution in [2.24, 2.45) is 16.5 Å². The number of nitrogens with one attached hydrogen (secondary N) is 1. The Morgan fingerprint density at radius 3 is 2.74 bits per heavy atom. The number of benzene rings is 1. The van der Waals surface area contributed by atoms with E-state index in [9.17, 15) is 27.6 Å². The molecule has 2 aliphatic heterocycles. The van der Waals surface area contributed by atoms with E-state index in [1.54, 1.807) is 22.4 Å². The second-order valence-electron chi connectivity index (χ2n) is 10.7. The number of carbonyl (C=O) groups excluding carboxylic acids is 3. The van der Waals surface area contributed by atoms with Crippen molar-refractivity contribution in [2.75, 3.05) is 12.3 Å². The number of carbonyl (C=O) groups is 3. The molecule has 2 amide bonds. The molecule has 4 atom stereocenters. The van der Waals surface area contributed by atoms with Crippen LogP contribution in [0.3, 0.4) is 0 Å². The lowest BCUT2D eigenvalue weighted by atomic mass is 9.85. The largest absolute Gasteiger partial charge is 0.433 e. The number of ketones is 1. The third kappa shape index (κ3) is 6.47. The molecule has 5 N–H and O–H groups in total.